The van der Waals surface area contributed by atoms with Crippen LogP contribution in [0, 0.1) is 0 Å². The van der Waals surface area contributed by atoms with Gasteiger partial charge in [0.25, 0.3) is 0 Å². The summed E-state index contributed by atoms with van der Waals surface area (Å²) < 4.78 is 0. The highest BCUT2D eigenvalue weighted by Crippen LogP contribution is 2.22. The Morgan fingerprint density at radius 3 is 2.33 bits per heavy atom. The van der Waals surface area contributed by atoms with Crippen molar-refractivity contribution in [1.82, 2.24) is 10.2 Å². The van der Waals surface area contributed by atoms with Gasteiger partial charge in [0, 0.05) is 7.05 Å². The van der Waals surface area contributed by atoms with Crippen LogP contribution in [0.3, 0.4) is 0 Å². The molecule has 3 nitrogen and oxygen atoms in total. The first-order valence-corrected chi connectivity index (χ1v) is 5.53. The van der Waals surface area contributed by atoms with Crippen molar-refractivity contribution in [3.05, 3.63) is 18.0 Å². The van der Waals surface area contributed by atoms with E-state index >= 15 is 0 Å². The Labute approximate surface area is 94.8 Å². The predicted molar refractivity (Wildman–Crippen MR) is 67.7 cm³/mol. The van der Waals surface area contributed by atoms with Crippen molar-refractivity contribution in [2.45, 2.75) is 32.1 Å². The molecule has 2 atom stereocenters. The zero-order valence-corrected chi connectivity index (χ0v) is 11.4. The van der Waals surface area contributed by atoms with Gasteiger partial charge in [-0.05, 0) is 27.8 Å². The Morgan fingerprint density at radius 2 is 2.07 bits per heavy atom. The zero-order valence-electron chi connectivity index (χ0n) is 10.2. The number of nitrogens with one attached hydrogen (secondary N) is 1. The average molecular weight is 228 g/mol. The second-order valence-corrected chi connectivity index (χ2v) is 4.67. The molecule has 0 aromatic carbocycles. The maximum Gasteiger partial charge on any atom is 0.154 e. The molecule has 0 aliphatic heterocycles. The van der Waals surface area contributed by atoms with Crippen molar-refractivity contribution in [3.8, 4) is 0 Å². The first-order chi connectivity index (χ1) is 6.78. The van der Waals surface area contributed by atoms with E-state index in [-0.39, 0.29) is 11.6 Å². The fraction of sp³-hybridized carbons (Fsp3) is 0.636. The highest BCUT2D eigenvalue weighted by molar-refractivity contribution is 7.17. The molecule has 0 aliphatic rings. The van der Waals surface area contributed by atoms with Gasteiger partial charge in [-0.15, -0.1) is 15.0 Å². The molecule has 1 N–H and O–H groups in total. The van der Waals surface area contributed by atoms with Gasteiger partial charge in [-0.2, -0.15) is 0 Å². The molecule has 2 unspecified atom stereocenters. The van der Waals surface area contributed by atoms with E-state index in [0.29, 0.717) is 0 Å². The van der Waals surface area contributed by atoms with E-state index in [1.54, 1.807) is 6.92 Å². The lowest BCUT2D eigenvalue weighted by Crippen LogP contribution is -2.48. The van der Waals surface area contributed by atoms with Crippen molar-refractivity contribution in [3.63, 3.8) is 0 Å². The molecule has 0 heterocycles. The molecule has 4 heteroatoms. The standard InChI is InChI=1S/C11H21N2OP/c1-7-9(10(15)12-5)13(6)11(3,4)8(2)14/h10,12H,1,15H2,2-6H3. The summed E-state index contributed by atoms with van der Waals surface area (Å²) in [6, 6.07) is 0. The van der Waals surface area contributed by atoms with Gasteiger partial charge in [0.05, 0.1) is 17.0 Å². The van der Waals surface area contributed by atoms with E-state index in [4.69, 9.17) is 0 Å². The highest BCUT2D eigenvalue weighted by Gasteiger charge is 2.31. The van der Waals surface area contributed by atoms with Gasteiger partial charge < -0.3 is 10.2 Å². The number of ketones is 1. The number of Topliss-reactive ketones (excluding diaryl/α,β-unsaturated/α-hetero) is 1. The van der Waals surface area contributed by atoms with Crippen LogP contribution in [-0.4, -0.2) is 36.1 Å². The molecular formula is C11H21N2OP. The van der Waals surface area contributed by atoms with Crippen LogP contribution >= 0.6 is 9.24 Å². The zero-order chi connectivity index (χ0) is 12.2. The van der Waals surface area contributed by atoms with Gasteiger partial charge in [0.15, 0.2) is 5.78 Å². The normalized spacial score (nSPS) is 12.9. The lowest BCUT2D eigenvalue weighted by atomic mass is 9.98. The lowest BCUT2D eigenvalue weighted by molar-refractivity contribution is -0.125. The van der Waals surface area contributed by atoms with Crippen molar-refractivity contribution in [2.75, 3.05) is 14.1 Å². The van der Waals surface area contributed by atoms with Crippen LogP contribution in [0.1, 0.15) is 20.8 Å². The van der Waals surface area contributed by atoms with Gasteiger partial charge in [0.1, 0.15) is 0 Å². The van der Waals surface area contributed by atoms with Crippen LogP contribution < -0.4 is 5.32 Å². The molecular weight excluding hydrogens is 207 g/mol. The molecule has 0 aliphatic carbocycles. The molecule has 0 bridgehead atoms. The maximum atomic E-state index is 11.5. The number of hydrogen-bond acceptors (Lipinski definition) is 3. The van der Waals surface area contributed by atoms with Gasteiger partial charge in [-0.3, -0.25) is 4.79 Å². The second kappa shape index (κ2) is 5.46. The summed E-state index contributed by atoms with van der Waals surface area (Å²) in [5, 5.41) is 3.08. The van der Waals surface area contributed by atoms with Crippen LogP contribution in [0.4, 0.5) is 0 Å². The monoisotopic (exact) mass is 228 g/mol. The average Bonchev–Trinajstić information content (AvgIpc) is 2.17. The summed E-state index contributed by atoms with van der Waals surface area (Å²) in [5.41, 5.74) is 3.20. The molecule has 0 amide bonds. The van der Waals surface area contributed by atoms with E-state index in [1.165, 1.54) is 0 Å². The Balaban J connectivity index is 5.06. The van der Waals surface area contributed by atoms with E-state index < -0.39 is 5.54 Å². The van der Waals surface area contributed by atoms with Gasteiger partial charge in [-0.1, -0.05) is 6.58 Å². The maximum absolute atomic E-state index is 11.5. The van der Waals surface area contributed by atoms with Crippen LogP contribution in [-0.2, 0) is 4.79 Å². The van der Waals surface area contributed by atoms with Crippen molar-refractivity contribution in [2.24, 2.45) is 0 Å². The largest absolute Gasteiger partial charge is 0.358 e. The van der Waals surface area contributed by atoms with Crippen molar-refractivity contribution >= 4 is 15.0 Å². The van der Waals surface area contributed by atoms with Gasteiger partial charge >= 0.3 is 0 Å². The number of carbonyl (C=O) groups is 1. The SMILES string of the molecule is C=C=C(C(P)NC)N(C)C(C)(C)C(C)=O. The third-order valence-corrected chi connectivity index (χ3v) is 3.50. The molecule has 0 radical (unpaired) electrons. The predicted octanol–water partition coefficient (Wildman–Crippen LogP) is 1.38. The number of hydrogen-bond donors (Lipinski definition) is 1. The van der Waals surface area contributed by atoms with E-state index in [9.17, 15) is 4.79 Å². The minimum atomic E-state index is -0.536. The van der Waals surface area contributed by atoms with Gasteiger partial charge in [-0.25, -0.2) is 0 Å². The Morgan fingerprint density at radius 1 is 1.60 bits per heavy atom. The van der Waals surface area contributed by atoms with E-state index in [0.717, 1.165) is 5.70 Å². The molecule has 0 aromatic rings. The molecule has 86 valence electrons. The van der Waals surface area contributed by atoms with Crippen molar-refractivity contribution < 1.29 is 4.79 Å². The number of rotatable bonds is 5. The molecule has 0 saturated heterocycles. The summed E-state index contributed by atoms with van der Waals surface area (Å²) in [6.07, 6.45) is 0. The molecule has 0 aromatic heterocycles. The summed E-state index contributed by atoms with van der Waals surface area (Å²) in [4.78, 5) is 13.4. The second-order valence-electron chi connectivity index (χ2n) is 4.00. The Hall–Kier alpha value is -0.620. The molecule has 15 heavy (non-hydrogen) atoms. The summed E-state index contributed by atoms with van der Waals surface area (Å²) in [7, 11) is 6.38. The Bertz CT molecular complexity index is 293. The highest BCUT2D eigenvalue weighted by atomic mass is 31.0. The van der Waals surface area contributed by atoms with E-state index in [1.807, 2.05) is 32.8 Å². The molecule has 0 fully saturated rings. The minimum absolute atomic E-state index is 0.0473. The smallest absolute Gasteiger partial charge is 0.154 e. The summed E-state index contributed by atoms with van der Waals surface area (Å²) in [5.74, 6) is 0.164. The fourth-order valence-corrected chi connectivity index (χ4v) is 1.45. The molecule has 0 spiro atoms. The first-order valence-electron chi connectivity index (χ1n) is 4.86. The number of carbonyl (C=O) groups excluding carboxylic acids is 1. The van der Waals surface area contributed by atoms with Crippen LogP contribution in [0.5, 0.6) is 0 Å². The Kier molecular flexibility index (Phi) is 5.23. The number of nitrogens with zero attached hydrogens (tertiary/aromatic N) is 1. The molecule has 0 saturated carbocycles. The van der Waals surface area contributed by atoms with Crippen molar-refractivity contribution in [1.29, 1.82) is 0 Å². The minimum Gasteiger partial charge on any atom is -0.358 e. The van der Waals surface area contributed by atoms with Crippen LogP contribution in [0.25, 0.3) is 0 Å². The number of likely N-dealkylation sites (N-methyl/N-ethyl adjacent to an activating group) is 2. The fourth-order valence-electron chi connectivity index (χ4n) is 1.11. The topological polar surface area (TPSA) is 32.3 Å². The lowest BCUT2D eigenvalue weighted by Gasteiger charge is -2.37. The first kappa shape index (κ1) is 14.4. The molecule has 0 rings (SSSR count). The summed E-state index contributed by atoms with van der Waals surface area (Å²) >= 11 is 0. The third kappa shape index (κ3) is 3.17. The quantitative estimate of drug-likeness (QED) is 0.570. The van der Waals surface area contributed by atoms with E-state index in [2.05, 4.69) is 26.9 Å². The summed E-state index contributed by atoms with van der Waals surface area (Å²) in [6.45, 7) is 9.02. The van der Waals surface area contributed by atoms with Gasteiger partial charge in [0.2, 0.25) is 0 Å². The van der Waals surface area contributed by atoms with Crippen LogP contribution in [0.15, 0.2) is 18.0 Å². The van der Waals surface area contributed by atoms with Crippen LogP contribution in [0.2, 0.25) is 0 Å². The third-order valence-electron chi connectivity index (χ3n) is 2.85.